The molecule has 0 saturated heterocycles. The molecule has 0 bridgehead atoms. The second-order valence-corrected chi connectivity index (χ2v) is 8.27. The summed E-state index contributed by atoms with van der Waals surface area (Å²) in [5.74, 6) is 1.18. The largest absolute Gasteiger partial charge is 0.497 e. The van der Waals surface area contributed by atoms with Gasteiger partial charge >= 0.3 is 0 Å². The van der Waals surface area contributed by atoms with Gasteiger partial charge in [0.2, 0.25) is 5.95 Å². The number of pyridine rings is 1. The number of hydrogen-bond acceptors (Lipinski definition) is 6. The summed E-state index contributed by atoms with van der Waals surface area (Å²) in [5.41, 5.74) is 4.04. The van der Waals surface area contributed by atoms with E-state index in [1.807, 2.05) is 54.6 Å². The zero-order valence-electron chi connectivity index (χ0n) is 19.7. The van der Waals surface area contributed by atoms with Crippen LogP contribution in [0.2, 0.25) is 0 Å². The number of rotatable bonds is 10. The average molecular weight is 459 g/mol. The van der Waals surface area contributed by atoms with E-state index >= 15 is 0 Å². The van der Waals surface area contributed by atoms with E-state index < -0.39 is 0 Å². The van der Waals surface area contributed by atoms with Gasteiger partial charge in [0, 0.05) is 29.4 Å². The van der Waals surface area contributed by atoms with E-state index in [1.165, 1.54) is 0 Å². The standard InChI is InChI=1S/C26H30N6O2/c1-18(2)27-15-6-16-28-25(33)19-11-13-21(14-12-19)29-26-30-24-10-5-9-23(32(24)31-26)20-7-4-8-22(17-20)34-3/h4-5,7-14,17-18,27H,6,15-16H2,1-3H3,(H,28,33)(H,29,31). The molecule has 0 aliphatic heterocycles. The Bertz CT molecular complexity index is 1250. The lowest BCUT2D eigenvalue weighted by atomic mass is 10.1. The Morgan fingerprint density at radius 3 is 2.59 bits per heavy atom. The van der Waals surface area contributed by atoms with Crippen LogP contribution in [0, 0.1) is 0 Å². The summed E-state index contributed by atoms with van der Waals surface area (Å²) in [6.45, 7) is 5.73. The summed E-state index contributed by atoms with van der Waals surface area (Å²) in [7, 11) is 1.65. The number of carbonyl (C=O) groups excluding carboxylic acids is 1. The Kier molecular flexibility index (Phi) is 7.39. The van der Waals surface area contributed by atoms with Crippen LogP contribution in [0.1, 0.15) is 30.6 Å². The Hall–Kier alpha value is -3.91. The lowest BCUT2D eigenvalue weighted by molar-refractivity contribution is 0.0953. The lowest BCUT2D eigenvalue weighted by Gasteiger charge is -2.09. The highest BCUT2D eigenvalue weighted by atomic mass is 16.5. The molecule has 2 aromatic carbocycles. The van der Waals surface area contributed by atoms with E-state index in [0.717, 1.165) is 41.3 Å². The average Bonchev–Trinajstić information content (AvgIpc) is 3.26. The summed E-state index contributed by atoms with van der Waals surface area (Å²) >= 11 is 0. The van der Waals surface area contributed by atoms with Crippen LogP contribution in [-0.2, 0) is 0 Å². The molecule has 2 aromatic heterocycles. The molecular weight excluding hydrogens is 428 g/mol. The molecule has 0 saturated carbocycles. The number of hydrogen-bond donors (Lipinski definition) is 3. The molecule has 4 rings (SSSR count). The van der Waals surface area contributed by atoms with Crippen LogP contribution in [0.25, 0.3) is 16.9 Å². The number of aromatic nitrogens is 3. The minimum atomic E-state index is -0.0788. The van der Waals surface area contributed by atoms with Crippen molar-refractivity contribution in [1.82, 2.24) is 25.2 Å². The Morgan fingerprint density at radius 1 is 1.03 bits per heavy atom. The van der Waals surface area contributed by atoms with Crippen LogP contribution >= 0.6 is 0 Å². The smallest absolute Gasteiger partial charge is 0.251 e. The Morgan fingerprint density at radius 2 is 1.82 bits per heavy atom. The zero-order valence-corrected chi connectivity index (χ0v) is 19.7. The van der Waals surface area contributed by atoms with Crippen molar-refractivity contribution in [3.63, 3.8) is 0 Å². The second kappa shape index (κ2) is 10.8. The van der Waals surface area contributed by atoms with Crippen molar-refractivity contribution in [2.24, 2.45) is 0 Å². The van der Waals surface area contributed by atoms with Gasteiger partial charge in [0.15, 0.2) is 5.65 Å². The van der Waals surface area contributed by atoms with Gasteiger partial charge in [0.05, 0.1) is 12.8 Å². The third kappa shape index (κ3) is 5.71. The number of benzene rings is 2. The molecule has 0 spiro atoms. The van der Waals surface area contributed by atoms with Crippen molar-refractivity contribution in [3.8, 4) is 17.0 Å². The normalized spacial score (nSPS) is 11.1. The van der Waals surface area contributed by atoms with Crippen LogP contribution in [0.3, 0.4) is 0 Å². The molecule has 176 valence electrons. The molecule has 0 aliphatic carbocycles. The fourth-order valence-corrected chi connectivity index (χ4v) is 3.58. The molecular formula is C26H30N6O2. The quantitative estimate of drug-likeness (QED) is 0.308. The summed E-state index contributed by atoms with van der Waals surface area (Å²) in [6, 6.07) is 21.4. The third-order valence-electron chi connectivity index (χ3n) is 5.32. The van der Waals surface area contributed by atoms with Gasteiger partial charge in [-0.2, -0.15) is 4.98 Å². The summed E-state index contributed by atoms with van der Waals surface area (Å²) in [6.07, 6.45) is 0.890. The molecule has 2 heterocycles. The first-order valence-electron chi connectivity index (χ1n) is 11.4. The van der Waals surface area contributed by atoms with Crippen LogP contribution in [0.5, 0.6) is 5.75 Å². The molecule has 34 heavy (non-hydrogen) atoms. The SMILES string of the molecule is COc1cccc(-c2cccc3nc(Nc4ccc(C(=O)NCCCNC(C)C)cc4)nn23)c1. The molecule has 0 atom stereocenters. The van der Waals surface area contributed by atoms with E-state index in [0.29, 0.717) is 24.1 Å². The van der Waals surface area contributed by atoms with Crippen molar-refractivity contribution < 1.29 is 9.53 Å². The monoisotopic (exact) mass is 458 g/mol. The highest BCUT2D eigenvalue weighted by Gasteiger charge is 2.11. The summed E-state index contributed by atoms with van der Waals surface area (Å²) in [5, 5.41) is 14.2. The van der Waals surface area contributed by atoms with E-state index in [1.54, 1.807) is 23.8 Å². The van der Waals surface area contributed by atoms with Gasteiger partial charge in [-0.1, -0.05) is 32.0 Å². The van der Waals surface area contributed by atoms with Crippen molar-refractivity contribution in [3.05, 3.63) is 72.3 Å². The molecule has 4 aromatic rings. The first-order valence-corrected chi connectivity index (χ1v) is 11.4. The molecule has 8 nitrogen and oxygen atoms in total. The van der Waals surface area contributed by atoms with Gasteiger partial charge in [-0.05, 0) is 61.5 Å². The molecule has 0 aliphatic rings. The first kappa shape index (κ1) is 23.3. The zero-order chi connectivity index (χ0) is 23.9. The molecule has 0 fully saturated rings. The first-order chi connectivity index (χ1) is 16.5. The van der Waals surface area contributed by atoms with Gasteiger partial charge in [-0.25, -0.2) is 4.52 Å². The fourth-order valence-electron chi connectivity index (χ4n) is 3.58. The van der Waals surface area contributed by atoms with Crippen molar-refractivity contribution in [1.29, 1.82) is 0 Å². The maximum absolute atomic E-state index is 12.4. The van der Waals surface area contributed by atoms with E-state index in [4.69, 9.17) is 4.74 Å². The van der Waals surface area contributed by atoms with E-state index in [-0.39, 0.29) is 5.91 Å². The summed E-state index contributed by atoms with van der Waals surface area (Å²) in [4.78, 5) is 16.9. The van der Waals surface area contributed by atoms with Gasteiger partial charge in [0.1, 0.15) is 5.75 Å². The van der Waals surface area contributed by atoms with E-state index in [2.05, 4.69) is 39.9 Å². The molecule has 0 radical (unpaired) electrons. The van der Waals surface area contributed by atoms with Crippen molar-refractivity contribution in [2.75, 3.05) is 25.5 Å². The lowest BCUT2D eigenvalue weighted by Crippen LogP contribution is -2.29. The molecule has 1 amide bonds. The predicted octanol–water partition coefficient (Wildman–Crippen LogP) is 4.27. The number of ether oxygens (including phenoxy) is 1. The van der Waals surface area contributed by atoms with Crippen LogP contribution < -0.4 is 20.7 Å². The second-order valence-electron chi connectivity index (χ2n) is 8.27. The van der Waals surface area contributed by atoms with Gasteiger partial charge in [-0.15, -0.1) is 5.10 Å². The topological polar surface area (TPSA) is 92.6 Å². The van der Waals surface area contributed by atoms with Crippen LogP contribution in [0.15, 0.2) is 66.7 Å². The Balaban J connectivity index is 1.42. The fraction of sp³-hybridized carbons (Fsp3) is 0.269. The number of fused-ring (bicyclic) bond motifs is 1. The minimum absolute atomic E-state index is 0.0788. The van der Waals surface area contributed by atoms with Crippen molar-refractivity contribution in [2.45, 2.75) is 26.3 Å². The Labute approximate surface area is 199 Å². The maximum Gasteiger partial charge on any atom is 0.251 e. The minimum Gasteiger partial charge on any atom is -0.497 e. The van der Waals surface area contributed by atoms with Crippen LogP contribution in [-0.4, -0.2) is 46.7 Å². The number of anilines is 2. The van der Waals surface area contributed by atoms with Crippen molar-refractivity contribution >= 4 is 23.2 Å². The van der Waals surface area contributed by atoms with Gasteiger partial charge < -0.3 is 20.7 Å². The number of nitrogens with one attached hydrogen (secondary N) is 3. The number of nitrogens with zero attached hydrogens (tertiary/aromatic N) is 3. The van der Waals surface area contributed by atoms with Gasteiger partial charge in [0.25, 0.3) is 5.91 Å². The van der Waals surface area contributed by atoms with Crippen LogP contribution in [0.4, 0.5) is 11.6 Å². The predicted molar refractivity (Wildman–Crippen MR) is 135 cm³/mol. The van der Waals surface area contributed by atoms with Gasteiger partial charge in [-0.3, -0.25) is 4.79 Å². The molecule has 0 unspecified atom stereocenters. The van der Waals surface area contributed by atoms with E-state index in [9.17, 15) is 4.79 Å². The highest BCUT2D eigenvalue weighted by Crippen LogP contribution is 2.25. The number of methoxy groups -OCH3 is 1. The summed E-state index contributed by atoms with van der Waals surface area (Å²) < 4.78 is 7.15. The third-order valence-corrected chi connectivity index (χ3v) is 5.32. The maximum atomic E-state index is 12.4. The highest BCUT2D eigenvalue weighted by molar-refractivity contribution is 5.94. The number of carbonyl (C=O) groups is 1. The molecule has 8 heteroatoms. The number of amides is 1. The molecule has 3 N–H and O–H groups in total.